The molecule has 2 N–H and O–H groups in total. The Bertz CT molecular complexity index is 920. The number of carbonyl (C=O) groups is 2. The van der Waals surface area contributed by atoms with Crippen molar-refractivity contribution in [1.29, 1.82) is 0 Å². The summed E-state index contributed by atoms with van der Waals surface area (Å²) >= 11 is 0. The lowest BCUT2D eigenvalue weighted by Gasteiger charge is -2.36. The third-order valence-electron chi connectivity index (χ3n) is 6.68. The second kappa shape index (κ2) is 12.1. The Balaban J connectivity index is 1.74. The van der Waals surface area contributed by atoms with Crippen LogP contribution in [-0.2, 0) is 24.3 Å². The third kappa shape index (κ3) is 7.26. The zero-order valence-corrected chi connectivity index (χ0v) is 21.4. The number of rotatable bonds is 10. The Morgan fingerprint density at radius 3 is 2.32 bits per heavy atom. The van der Waals surface area contributed by atoms with Crippen LogP contribution in [0, 0.1) is 12.8 Å². The SMILES string of the molecule is Cc1ccc(S(=O)(=O)NCC(=O)N(C[C@H]2CCCO2)[C@H](C(=O)NC2CCCCC2)C(C)C)cc1. The van der Waals surface area contributed by atoms with Crippen molar-refractivity contribution in [2.24, 2.45) is 5.92 Å². The van der Waals surface area contributed by atoms with E-state index in [2.05, 4.69) is 10.0 Å². The summed E-state index contributed by atoms with van der Waals surface area (Å²) in [6, 6.07) is 5.89. The molecule has 1 aliphatic heterocycles. The van der Waals surface area contributed by atoms with Crippen molar-refractivity contribution in [2.75, 3.05) is 19.7 Å². The van der Waals surface area contributed by atoms with Gasteiger partial charge in [-0.05, 0) is 50.7 Å². The van der Waals surface area contributed by atoms with Gasteiger partial charge in [0.2, 0.25) is 21.8 Å². The minimum absolute atomic E-state index is 0.104. The zero-order chi connectivity index (χ0) is 24.7. The van der Waals surface area contributed by atoms with Gasteiger partial charge in [0.1, 0.15) is 6.04 Å². The predicted octanol–water partition coefficient (Wildman–Crippen LogP) is 2.75. The summed E-state index contributed by atoms with van der Waals surface area (Å²) in [5.41, 5.74) is 0.946. The molecule has 190 valence electrons. The lowest BCUT2D eigenvalue weighted by Crippen LogP contribution is -2.57. The molecule has 2 fully saturated rings. The van der Waals surface area contributed by atoms with Crippen LogP contribution in [0.3, 0.4) is 0 Å². The first-order valence-corrected chi connectivity index (χ1v) is 13.9. The van der Waals surface area contributed by atoms with E-state index in [-0.39, 0.29) is 35.4 Å². The first-order valence-electron chi connectivity index (χ1n) is 12.4. The van der Waals surface area contributed by atoms with E-state index in [1.54, 1.807) is 12.1 Å². The molecule has 1 heterocycles. The lowest BCUT2D eigenvalue weighted by atomic mass is 9.94. The third-order valence-corrected chi connectivity index (χ3v) is 8.09. The van der Waals surface area contributed by atoms with Gasteiger partial charge in [-0.3, -0.25) is 9.59 Å². The highest BCUT2D eigenvalue weighted by Gasteiger charge is 2.36. The number of aryl methyl sites for hydroxylation is 1. The van der Waals surface area contributed by atoms with Crippen LogP contribution >= 0.6 is 0 Å². The van der Waals surface area contributed by atoms with Crippen LogP contribution in [0.5, 0.6) is 0 Å². The van der Waals surface area contributed by atoms with Gasteiger partial charge in [0.05, 0.1) is 17.5 Å². The summed E-state index contributed by atoms with van der Waals surface area (Å²) < 4.78 is 33.6. The largest absolute Gasteiger partial charge is 0.376 e. The molecule has 1 aromatic rings. The molecule has 2 atom stereocenters. The Labute approximate surface area is 203 Å². The maximum atomic E-state index is 13.4. The monoisotopic (exact) mass is 493 g/mol. The number of benzene rings is 1. The van der Waals surface area contributed by atoms with Gasteiger partial charge >= 0.3 is 0 Å². The fourth-order valence-corrected chi connectivity index (χ4v) is 5.75. The van der Waals surface area contributed by atoms with Crippen LogP contribution in [0.15, 0.2) is 29.2 Å². The van der Waals surface area contributed by atoms with Crippen LogP contribution in [0.1, 0.15) is 64.4 Å². The van der Waals surface area contributed by atoms with E-state index in [0.29, 0.717) is 6.61 Å². The van der Waals surface area contributed by atoms with Gasteiger partial charge in [-0.1, -0.05) is 50.8 Å². The van der Waals surface area contributed by atoms with Crippen LogP contribution in [0.4, 0.5) is 0 Å². The van der Waals surface area contributed by atoms with Crippen molar-refractivity contribution in [1.82, 2.24) is 14.9 Å². The number of nitrogens with zero attached hydrogens (tertiary/aromatic N) is 1. The smallest absolute Gasteiger partial charge is 0.243 e. The molecule has 0 aromatic heterocycles. The average molecular weight is 494 g/mol. The maximum Gasteiger partial charge on any atom is 0.243 e. The predicted molar refractivity (Wildman–Crippen MR) is 131 cm³/mol. The minimum Gasteiger partial charge on any atom is -0.376 e. The number of amides is 2. The molecular weight excluding hydrogens is 454 g/mol. The van der Waals surface area contributed by atoms with Crippen molar-refractivity contribution >= 4 is 21.8 Å². The lowest BCUT2D eigenvalue weighted by molar-refractivity contribution is -0.143. The Morgan fingerprint density at radius 2 is 1.74 bits per heavy atom. The highest BCUT2D eigenvalue weighted by molar-refractivity contribution is 7.89. The number of sulfonamides is 1. The van der Waals surface area contributed by atoms with Crippen LogP contribution < -0.4 is 10.0 Å². The molecule has 1 aromatic carbocycles. The minimum atomic E-state index is -3.85. The van der Waals surface area contributed by atoms with Crippen LogP contribution in [0.25, 0.3) is 0 Å². The number of ether oxygens (including phenoxy) is 1. The fraction of sp³-hybridized carbons (Fsp3) is 0.680. The summed E-state index contributed by atoms with van der Waals surface area (Å²) in [5.74, 6) is -0.735. The van der Waals surface area contributed by atoms with Gasteiger partial charge in [-0.2, -0.15) is 0 Å². The Morgan fingerprint density at radius 1 is 1.06 bits per heavy atom. The van der Waals surface area contributed by atoms with Crippen molar-refractivity contribution in [3.8, 4) is 0 Å². The Kier molecular flexibility index (Phi) is 9.50. The average Bonchev–Trinajstić information content (AvgIpc) is 3.31. The highest BCUT2D eigenvalue weighted by Crippen LogP contribution is 2.21. The van der Waals surface area contributed by atoms with Gasteiger partial charge in [-0.25, -0.2) is 13.1 Å². The van der Waals surface area contributed by atoms with Gasteiger partial charge in [0.15, 0.2) is 0 Å². The molecule has 0 bridgehead atoms. The van der Waals surface area contributed by atoms with E-state index in [4.69, 9.17) is 4.74 Å². The molecule has 0 spiro atoms. The van der Waals surface area contributed by atoms with Gasteiger partial charge < -0.3 is 15.0 Å². The van der Waals surface area contributed by atoms with Crippen molar-refractivity contribution in [3.63, 3.8) is 0 Å². The fourth-order valence-electron chi connectivity index (χ4n) is 4.77. The second-order valence-electron chi connectivity index (χ2n) is 9.85. The van der Waals surface area contributed by atoms with E-state index < -0.39 is 28.5 Å². The van der Waals surface area contributed by atoms with Gasteiger partial charge in [0, 0.05) is 19.2 Å². The molecule has 1 saturated carbocycles. The second-order valence-corrected chi connectivity index (χ2v) is 11.6. The summed E-state index contributed by atoms with van der Waals surface area (Å²) in [6.45, 7) is 6.19. The van der Waals surface area contributed by atoms with E-state index in [1.807, 2.05) is 20.8 Å². The van der Waals surface area contributed by atoms with E-state index >= 15 is 0 Å². The topological polar surface area (TPSA) is 105 Å². The molecule has 9 heteroatoms. The summed E-state index contributed by atoms with van der Waals surface area (Å²) in [5, 5.41) is 3.15. The first kappa shape index (κ1) is 26.6. The molecule has 1 saturated heterocycles. The summed E-state index contributed by atoms with van der Waals surface area (Å²) in [6.07, 6.45) is 6.85. The molecule has 1 aliphatic carbocycles. The summed E-state index contributed by atoms with van der Waals surface area (Å²) in [7, 11) is -3.85. The number of hydrogen-bond donors (Lipinski definition) is 2. The first-order chi connectivity index (χ1) is 16.2. The molecule has 0 radical (unpaired) electrons. The molecular formula is C25H39N3O5S. The molecule has 2 amide bonds. The molecule has 34 heavy (non-hydrogen) atoms. The van der Waals surface area contributed by atoms with E-state index in [0.717, 1.165) is 44.1 Å². The molecule has 8 nitrogen and oxygen atoms in total. The van der Waals surface area contributed by atoms with E-state index in [1.165, 1.54) is 23.5 Å². The van der Waals surface area contributed by atoms with Gasteiger partial charge in [-0.15, -0.1) is 0 Å². The Hall–Kier alpha value is -1.97. The van der Waals surface area contributed by atoms with Crippen molar-refractivity contribution in [2.45, 2.75) is 88.8 Å². The quantitative estimate of drug-likeness (QED) is 0.522. The molecule has 2 aliphatic rings. The standard InChI is InChI=1S/C25H39N3O5S/c1-18(2)24(25(30)27-20-8-5-4-6-9-20)28(17-21-10-7-15-33-21)23(29)16-26-34(31,32)22-13-11-19(3)12-14-22/h11-14,18,20-21,24,26H,4-10,15-17H2,1-3H3,(H,27,30)/t21-,24+/m1/s1. The van der Waals surface area contributed by atoms with Crippen LogP contribution in [0.2, 0.25) is 0 Å². The molecule has 3 rings (SSSR count). The normalized spacial score (nSPS) is 20.3. The summed E-state index contributed by atoms with van der Waals surface area (Å²) in [4.78, 5) is 28.3. The zero-order valence-electron chi connectivity index (χ0n) is 20.6. The maximum absolute atomic E-state index is 13.4. The number of hydrogen-bond acceptors (Lipinski definition) is 5. The van der Waals surface area contributed by atoms with Crippen molar-refractivity contribution < 1.29 is 22.7 Å². The number of nitrogens with one attached hydrogen (secondary N) is 2. The van der Waals surface area contributed by atoms with Gasteiger partial charge in [0.25, 0.3) is 0 Å². The van der Waals surface area contributed by atoms with Crippen molar-refractivity contribution in [3.05, 3.63) is 29.8 Å². The van der Waals surface area contributed by atoms with Crippen LogP contribution in [-0.4, -0.2) is 63.0 Å². The molecule has 0 unspecified atom stereocenters. The van der Waals surface area contributed by atoms with E-state index in [9.17, 15) is 18.0 Å². The number of carbonyl (C=O) groups excluding carboxylic acids is 2. The highest BCUT2D eigenvalue weighted by atomic mass is 32.2.